The molecule has 4 aromatic rings. The number of aromatic nitrogens is 2. The number of alkyl halides is 3. The van der Waals surface area contributed by atoms with Gasteiger partial charge in [-0.05, 0) is 42.4 Å². The molecule has 0 bridgehead atoms. The zero-order chi connectivity index (χ0) is 35.5. The topological polar surface area (TPSA) is 118 Å². The van der Waals surface area contributed by atoms with Crippen LogP contribution in [0.3, 0.4) is 0 Å². The molecule has 0 radical (unpaired) electrons. The summed E-state index contributed by atoms with van der Waals surface area (Å²) in [7, 11) is 5.23. The lowest BCUT2D eigenvalue weighted by molar-refractivity contribution is -0.123. The van der Waals surface area contributed by atoms with Crippen LogP contribution in [-0.4, -0.2) is 90.8 Å². The fourth-order valence-corrected chi connectivity index (χ4v) is 5.69. The summed E-state index contributed by atoms with van der Waals surface area (Å²) in [6.07, 6.45) is -2.98. The third-order valence-corrected chi connectivity index (χ3v) is 8.21. The van der Waals surface area contributed by atoms with E-state index < -0.39 is 30.4 Å². The molecule has 2 aromatic heterocycles. The molecule has 10 nitrogen and oxygen atoms in total. The number of fused-ring (bicyclic) bond motifs is 1. The number of hydrogen-bond donors (Lipinski definition) is 3. The number of hydrogen-bond acceptors (Lipinski definition) is 7. The zero-order valence-electron chi connectivity index (χ0n) is 27.2. The van der Waals surface area contributed by atoms with E-state index in [4.69, 9.17) is 10.5 Å². The highest BCUT2D eigenvalue weighted by Gasteiger charge is 2.29. The van der Waals surface area contributed by atoms with Gasteiger partial charge in [0, 0.05) is 50.7 Å². The number of methoxy groups -OCH3 is 1. The number of nitrogen functional groups attached to an aromatic ring is 1. The van der Waals surface area contributed by atoms with Crippen LogP contribution in [0.25, 0.3) is 33.3 Å². The van der Waals surface area contributed by atoms with Gasteiger partial charge in [-0.3, -0.25) is 14.5 Å². The van der Waals surface area contributed by atoms with Crippen molar-refractivity contribution in [1.82, 2.24) is 24.7 Å². The summed E-state index contributed by atoms with van der Waals surface area (Å²) in [5.74, 6) is 3.73. The highest BCUT2D eigenvalue weighted by molar-refractivity contribution is 6.11. The Morgan fingerprint density at radius 2 is 1.73 bits per heavy atom. The smallest absolute Gasteiger partial charge is 0.405 e. The number of halogens is 4. The van der Waals surface area contributed by atoms with E-state index in [1.54, 1.807) is 42.6 Å². The normalized spacial score (nSPS) is 13.9. The first kappa shape index (κ1) is 34.9. The summed E-state index contributed by atoms with van der Waals surface area (Å²) >= 11 is 0. The zero-order valence-corrected chi connectivity index (χ0v) is 27.2. The molecule has 0 spiro atoms. The maximum Gasteiger partial charge on any atom is 0.405 e. The minimum Gasteiger partial charge on any atom is -0.496 e. The third-order valence-electron chi connectivity index (χ3n) is 8.21. The predicted octanol–water partition coefficient (Wildman–Crippen LogP) is 4.81. The summed E-state index contributed by atoms with van der Waals surface area (Å²) < 4.78 is 59.1. The van der Waals surface area contributed by atoms with Crippen LogP contribution in [0.2, 0.25) is 0 Å². The average molecular weight is 678 g/mol. The monoisotopic (exact) mass is 677 g/mol. The molecule has 49 heavy (non-hydrogen) atoms. The Balaban J connectivity index is 1.65. The van der Waals surface area contributed by atoms with Crippen LogP contribution in [0.15, 0.2) is 61.1 Å². The molecule has 2 amide bonds. The number of nitrogens with zero attached hydrogens (tertiary/aromatic N) is 4. The second-order valence-corrected chi connectivity index (χ2v) is 11.6. The third kappa shape index (κ3) is 7.85. The Kier molecular flexibility index (Phi) is 10.3. The van der Waals surface area contributed by atoms with Gasteiger partial charge < -0.3 is 30.6 Å². The van der Waals surface area contributed by atoms with Gasteiger partial charge in [0.05, 0.1) is 41.4 Å². The summed E-state index contributed by atoms with van der Waals surface area (Å²) in [6.45, 7) is 5.80. The molecule has 1 saturated heterocycles. The number of carbonyl (C=O) groups is 2. The molecule has 1 aliphatic heterocycles. The van der Waals surface area contributed by atoms with Gasteiger partial charge in [0.25, 0.3) is 11.8 Å². The summed E-state index contributed by atoms with van der Waals surface area (Å²) in [4.78, 5) is 33.6. The minimum atomic E-state index is -4.59. The van der Waals surface area contributed by atoms with E-state index in [1.807, 2.05) is 16.9 Å². The van der Waals surface area contributed by atoms with Crippen molar-refractivity contribution in [2.75, 3.05) is 64.5 Å². The van der Waals surface area contributed by atoms with Crippen LogP contribution in [0, 0.1) is 11.8 Å². The summed E-state index contributed by atoms with van der Waals surface area (Å²) in [5, 5.41) is 4.86. The van der Waals surface area contributed by atoms with Crippen LogP contribution >= 0.6 is 0 Å². The van der Waals surface area contributed by atoms with Gasteiger partial charge in [-0.2, -0.15) is 13.2 Å². The molecule has 0 unspecified atom stereocenters. The fraction of sp³-hybridized carbons (Fsp3) is 0.286. The van der Waals surface area contributed by atoms with Crippen LogP contribution in [0.1, 0.15) is 15.9 Å². The molecular formula is C35H35F4N7O3. The molecule has 0 saturated carbocycles. The number of anilines is 2. The molecule has 1 fully saturated rings. The van der Waals surface area contributed by atoms with E-state index in [0.717, 1.165) is 26.2 Å². The van der Waals surface area contributed by atoms with Gasteiger partial charge in [-0.1, -0.05) is 36.6 Å². The number of aryl methyl sites for hydroxylation is 1. The van der Waals surface area contributed by atoms with E-state index in [9.17, 15) is 27.2 Å². The molecule has 0 atom stereocenters. The quantitative estimate of drug-likeness (QED) is 0.139. The Morgan fingerprint density at radius 3 is 2.37 bits per heavy atom. The molecule has 2 aromatic carbocycles. The first-order chi connectivity index (χ1) is 23.3. The number of piperazine rings is 1. The number of ether oxygens (including phenoxy) is 1. The highest BCUT2D eigenvalue weighted by Crippen LogP contribution is 2.44. The first-order valence-electron chi connectivity index (χ1n) is 15.2. The largest absolute Gasteiger partial charge is 0.496 e. The Labute approximate surface area is 280 Å². The van der Waals surface area contributed by atoms with Crippen molar-refractivity contribution < 1.29 is 31.9 Å². The van der Waals surface area contributed by atoms with Gasteiger partial charge in [0.15, 0.2) is 5.83 Å². The molecule has 256 valence electrons. The van der Waals surface area contributed by atoms with Gasteiger partial charge in [0.1, 0.15) is 18.1 Å². The summed E-state index contributed by atoms with van der Waals surface area (Å²) in [5.41, 5.74) is 10.5. The van der Waals surface area contributed by atoms with Crippen molar-refractivity contribution in [2.45, 2.75) is 6.18 Å². The molecule has 3 heterocycles. The molecular weight excluding hydrogens is 642 g/mol. The lowest BCUT2D eigenvalue weighted by atomic mass is 9.96. The van der Waals surface area contributed by atoms with Gasteiger partial charge in [0.2, 0.25) is 0 Å². The maximum absolute atomic E-state index is 13.3. The minimum absolute atomic E-state index is 0.0410. The van der Waals surface area contributed by atoms with E-state index >= 15 is 0 Å². The van der Waals surface area contributed by atoms with E-state index in [1.165, 1.54) is 13.2 Å². The average Bonchev–Trinajstić information content (AvgIpc) is 3.38. The predicted molar refractivity (Wildman–Crippen MR) is 181 cm³/mol. The highest BCUT2D eigenvalue weighted by atomic mass is 19.4. The summed E-state index contributed by atoms with van der Waals surface area (Å²) in [6, 6.07) is 11.2. The molecule has 0 aliphatic carbocycles. The Bertz CT molecular complexity index is 1970. The number of nitrogens with two attached hydrogens (primary N) is 1. The Hall–Kier alpha value is -5.39. The number of amides is 2. The van der Waals surface area contributed by atoms with E-state index in [-0.39, 0.29) is 17.1 Å². The molecule has 5 rings (SSSR count). The van der Waals surface area contributed by atoms with Gasteiger partial charge in [-0.25, -0.2) is 9.37 Å². The van der Waals surface area contributed by atoms with Crippen LogP contribution in [-0.2, 0) is 11.8 Å². The fourth-order valence-electron chi connectivity index (χ4n) is 5.69. The number of rotatable bonds is 8. The van der Waals surface area contributed by atoms with Crippen molar-refractivity contribution in [2.24, 2.45) is 7.05 Å². The molecule has 1 aliphatic rings. The van der Waals surface area contributed by atoms with E-state index in [2.05, 4.69) is 45.6 Å². The first-order valence-corrected chi connectivity index (χ1v) is 15.2. The van der Waals surface area contributed by atoms with Gasteiger partial charge in [-0.15, -0.1) is 0 Å². The van der Waals surface area contributed by atoms with Gasteiger partial charge >= 0.3 is 6.18 Å². The van der Waals surface area contributed by atoms with Crippen molar-refractivity contribution in [3.8, 4) is 40.0 Å². The van der Waals surface area contributed by atoms with Crippen molar-refractivity contribution in [1.29, 1.82) is 0 Å². The number of likely N-dealkylation sites (N-methyl/N-ethyl adjacent to an activating group) is 1. The Morgan fingerprint density at radius 1 is 1.06 bits per heavy atom. The second-order valence-electron chi connectivity index (χ2n) is 11.6. The molecule has 4 N–H and O–H groups in total. The van der Waals surface area contributed by atoms with E-state index in [0.29, 0.717) is 51.1 Å². The van der Waals surface area contributed by atoms with Crippen LogP contribution in [0.5, 0.6) is 5.75 Å². The second kappa shape index (κ2) is 14.4. The standard InChI is InChI=1S/C35H35F4N7O3/c1-21(36)33(47)43-25-10-7-22(8-11-25)30-28(23-9-12-26(27(18-23)49-4)34(48)42-20-35(37,38)39)29-31(45(30)3)24(19-41-32(29)40)6-5-13-46-16-14-44(2)15-17-46/h7-12,18-19H,1,13-17,20H2,2-4H3,(H2,40,41)(H,42,48)(H,43,47). The molecule has 14 heteroatoms. The van der Waals surface area contributed by atoms with Crippen molar-refractivity contribution in [3.05, 3.63) is 72.2 Å². The lowest BCUT2D eigenvalue weighted by Gasteiger charge is -2.30. The number of carbonyl (C=O) groups excluding carboxylic acids is 2. The lowest BCUT2D eigenvalue weighted by Crippen LogP contribution is -2.44. The van der Waals surface area contributed by atoms with Crippen molar-refractivity contribution >= 4 is 34.2 Å². The number of pyridine rings is 1. The number of benzene rings is 2. The van der Waals surface area contributed by atoms with Crippen LogP contribution < -0.4 is 21.1 Å². The SMILES string of the molecule is C=C(F)C(=O)Nc1ccc(-c2c(-c3ccc(C(=O)NCC(F)(F)F)c(OC)c3)c3c(N)ncc(C#CCN4CCN(C)CC4)c3n2C)cc1. The van der Waals surface area contributed by atoms with Crippen LogP contribution in [0.4, 0.5) is 29.1 Å². The number of nitrogens with one attached hydrogen (secondary N) is 2. The van der Waals surface area contributed by atoms with Crippen molar-refractivity contribution in [3.63, 3.8) is 0 Å². The maximum atomic E-state index is 13.3.